The molecule has 0 unspecified atom stereocenters. The molecule has 1 aliphatic rings. The third kappa shape index (κ3) is 2.20. The van der Waals surface area contributed by atoms with Gasteiger partial charge in [0, 0.05) is 36.0 Å². The van der Waals surface area contributed by atoms with Crippen LogP contribution >= 0.6 is 27.5 Å². The Balaban J connectivity index is 2.09. The van der Waals surface area contributed by atoms with Crippen molar-refractivity contribution in [2.75, 3.05) is 31.1 Å². The molecule has 0 saturated carbocycles. The summed E-state index contributed by atoms with van der Waals surface area (Å²) in [5.41, 5.74) is 1.96. The van der Waals surface area contributed by atoms with Crippen LogP contribution in [0, 0.1) is 0 Å². The van der Waals surface area contributed by atoms with Crippen LogP contribution in [0.25, 0.3) is 10.9 Å². The molecule has 1 aliphatic heterocycles. The summed E-state index contributed by atoms with van der Waals surface area (Å²) in [6.07, 6.45) is 1.88. The van der Waals surface area contributed by atoms with Gasteiger partial charge < -0.3 is 10.2 Å². The van der Waals surface area contributed by atoms with E-state index < -0.39 is 0 Å². The molecule has 94 valence electrons. The molecular formula is C13H13BrClN3. The highest BCUT2D eigenvalue weighted by Crippen LogP contribution is 2.33. The highest BCUT2D eigenvalue weighted by atomic mass is 79.9. The molecule has 3 nitrogen and oxygen atoms in total. The van der Waals surface area contributed by atoms with Crippen molar-refractivity contribution in [3.05, 3.63) is 33.9 Å². The molecule has 0 spiro atoms. The van der Waals surface area contributed by atoms with E-state index in [0.717, 1.165) is 52.3 Å². The zero-order chi connectivity index (χ0) is 12.5. The van der Waals surface area contributed by atoms with Crippen molar-refractivity contribution in [3.63, 3.8) is 0 Å². The van der Waals surface area contributed by atoms with E-state index in [0.29, 0.717) is 0 Å². The smallest absolute Gasteiger partial charge is 0.0749 e. The van der Waals surface area contributed by atoms with Crippen molar-refractivity contribution >= 4 is 44.1 Å². The predicted octanol–water partition coefficient (Wildman–Crippen LogP) is 3.06. The van der Waals surface area contributed by atoms with Crippen LogP contribution < -0.4 is 10.2 Å². The van der Waals surface area contributed by atoms with E-state index in [1.165, 1.54) is 0 Å². The largest absolute Gasteiger partial charge is 0.367 e. The third-order valence-corrected chi connectivity index (χ3v) is 4.09. The Labute approximate surface area is 119 Å². The van der Waals surface area contributed by atoms with E-state index >= 15 is 0 Å². The van der Waals surface area contributed by atoms with Crippen LogP contribution in [0.5, 0.6) is 0 Å². The molecule has 0 atom stereocenters. The van der Waals surface area contributed by atoms with Gasteiger partial charge in [0.1, 0.15) is 0 Å². The van der Waals surface area contributed by atoms with E-state index in [1.807, 2.05) is 24.4 Å². The van der Waals surface area contributed by atoms with E-state index in [-0.39, 0.29) is 0 Å². The first-order chi connectivity index (χ1) is 8.75. The normalized spacial score (nSPS) is 16.2. The second-order valence-electron chi connectivity index (χ2n) is 4.36. The van der Waals surface area contributed by atoms with Crippen molar-refractivity contribution in [2.24, 2.45) is 0 Å². The third-order valence-electron chi connectivity index (χ3n) is 3.20. The molecule has 0 aliphatic carbocycles. The second kappa shape index (κ2) is 5.03. The van der Waals surface area contributed by atoms with Gasteiger partial charge in [0.05, 0.1) is 22.4 Å². The maximum Gasteiger partial charge on any atom is 0.0749 e. The maximum absolute atomic E-state index is 6.52. The molecule has 3 rings (SSSR count). The summed E-state index contributed by atoms with van der Waals surface area (Å²) >= 11 is 10.0. The average molecular weight is 327 g/mol. The van der Waals surface area contributed by atoms with Crippen LogP contribution in [0.3, 0.4) is 0 Å². The number of piperazine rings is 1. The molecule has 1 N–H and O–H groups in total. The van der Waals surface area contributed by atoms with E-state index in [1.54, 1.807) is 0 Å². The van der Waals surface area contributed by atoms with E-state index in [9.17, 15) is 0 Å². The Morgan fingerprint density at radius 2 is 2.06 bits per heavy atom. The molecule has 1 aromatic carbocycles. The van der Waals surface area contributed by atoms with Crippen molar-refractivity contribution in [2.45, 2.75) is 0 Å². The van der Waals surface area contributed by atoms with Gasteiger partial charge >= 0.3 is 0 Å². The summed E-state index contributed by atoms with van der Waals surface area (Å²) in [6, 6.07) is 5.99. The lowest BCUT2D eigenvalue weighted by atomic mass is 10.2. The van der Waals surface area contributed by atoms with Gasteiger partial charge in [-0.25, -0.2) is 0 Å². The summed E-state index contributed by atoms with van der Waals surface area (Å²) in [5.74, 6) is 0. The van der Waals surface area contributed by atoms with E-state index in [4.69, 9.17) is 11.6 Å². The number of benzene rings is 1. The number of nitrogens with one attached hydrogen (secondary N) is 1. The number of fused-ring (bicyclic) bond motifs is 1. The first-order valence-corrected chi connectivity index (χ1v) is 7.12. The van der Waals surface area contributed by atoms with Crippen LogP contribution in [0.4, 0.5) is 5.69 Å². The molecule has 1 saturated heterocycles. The molecule has 18 heavy (non-hydrogen) atoms. The Hall–Kier alpha value is -0.840. The van der Waals surface area contributed by atoms with Crippen LogP contribution in [0.1, 0.15) is 0 Å². The number of halogens is 2. The van der Waals surface area contributed by atoms with Crippen molar-refractivity contribution < 1.29 is 0 Å². The van der Waals surface area contributed by atoms with Crippen molar-refractivity contribution in [1.82, 2.24) is 10.3 Å². The van der Waals surface area contributed by atoms with Gasteiger partial charge in [-0.05, 0) is 18.2 Å². The molecule has 0 radical (unpaired) electrons. The number of hydrogen-bond acceptors (Lipinski definition) is 3. The highest BCUT2D eigenvalue weighted by molar-refractivity contribution is 9.10. The SMILES string of the molecule is Clc1c(N2CCNCC2)cnc2ccc(Br)cc12. The summed E-state index contributed by atoms with van der Waals surface area (Å²) in [4.78, 5) is 6.77. The standard InChI is InChI=1S/C13H13BrClN3/c14-9-1-2-11-10(7-9)13(15)12(8-17-11)18-5-3-16-4-6-18/h1-2,7-8,16H,3-6H2. The monoisotopic (exact) mass is 325 g/mol. The molecular weight excluding hydrogens is 314 g/mol. The summed E-state index contributed by atoms with van der Waals surface area (Å²) in [7, 11) is 0. The van der Waals surface area contributed by atoms with Crippen LogP contribution in [-0.2, 0) is 0 Å². The average Bonchev–Trinajstić information content (AvgIpc) is 2.41. The maximum atomic E-state index is 6.52. The summed E-state index contributed by atoms with van der Waals surface area (Å²) in [5, 5.41) is 5.13. The van der Waals surface area contributed by atoms with Gasteiger partial charge in [-0.2, -0.15) is 0 Å². The molecule has 5 heteroatoms. The zero-order valence-electron chi connectivity index (χ0n) is 9.79. The number of aromatic nitrogens is 1. The Kier molecular flexibility index (Phi) is 3.41. The van der Waals surface area contributed by atoms with Gasteiger partial charge in [-0.3, -0.25) is 4.98 Å². The summed E-state index contributed by atoms with van der Waals surface area (Å²) < 4.78 is 1.02. The van der Waals surface area contributed by atoms with E-state index in [2.05, 4.69) is 31.1 Å². The van der Waals surface area contributed by atoms with Crippen molar-refractivity contribution in [3.8, 4) is 0 Å². The van der Waals surface area contributed by atoms with Gasteiger partial charge in [-0.15, -0.1) is 0 Å². The van der Waals surface area contributed by atoms with Gasteiger partial charge in [0.25, 0.3) is 0 Å². The fourth-order valence-corrected chi connectivity index (χ4v) is 2.93. The number of nitrogens with zero attached hydrogens (tertiary/aromatic N) is 2. The molecule has 0 bridgehead atoms. The summed E-state index contributed by atoms with van der Waals surface area (Å²) in [6.45, 7) is 3.93. The van der Waals surface area contributed by atoms with Crippen LogP contribution in [-0.4, -0.2) is 31.2 Å². The Morgan fingerprint density at radius 3 is 2.83 bits per heavy atom. The van der Waals surface area contributed by atoms with Gasteiger partial charge in [-0.1, -0.05) is 27.5 Å². The number of rotatable bonds is 1. The minimum absolute atomic E-state index is 0.795. The van der Waals surface area contributed by atoms with Crippen LogP contribution in [0.2, 0.25) is 5.02 Å². The van der Waals surface area contributed by atoms with Gasteiger partial charge in [0.2, 0.25) is 0 Å². The first-order valence-electron chi connectivity index (χ1n) is 5.95. The Bertz CT molecular complexity index is 582. The number of anilines is 1. The number of pyridine rings is 1. The fourth-order valence-electron chi connectivity index (χ4n) is 2.25. The Morgan fingerprint density at radius 1 is 1.28 bits per heavy atom. The topological polar surface area (TPSA) is 28.2 Å². The minimum Gasteiger partial charge on any atom is -0.367 e. The molecule has 1 aromatic heterocycles. The fraction of sp³-hybridized carbons (Fsp3) is 0.308. The second-order valence-corrected chi connectivity index (χ2v) is 5.65. The lowest BCUT2D eigenvalue weighted by Gasteiger charge is -2.30. The molecule has 0 amide bonds. The quantitative estimate of drug-likeness (QED) is 0.873. The van der Waals surface area contributed by atoms with Crippen LogP contribution in [0.15, 0.2) is 28.9 Å². The zero-order valence-corrected chi connectivity index (χ0v) is 12.1. The van der Waals surface area contributed by atoms with Gasteiger partial charge in [0.15, 0.2) is 0 Å². The lowest BCUT2D eigenvalue weighted by Crippen LogP contribution is -2.43. The molecule has 1 fully saturated rings. The molecule has 2 heterocycles. The lowest BCUT2D eigenvalue weighted by molar-refractivity contribution is 0.589. The minimum atomic E-state index is 0.795. The van der Waals surface area contributed by atoms with Crippen molar-refractivity contribution in [1.29, 1.82) is 0 Å². The number of hydrogen-bond donors (Lipinski definition) is 1. The molecule has 2 aromatic rings. The predicted molar refractivity (Wildman–Crippen MR) is 79.5 cm³/mol. The highest BCUT2D eigenvalue weighted by Gasteiger charge is 2.15. The first kappa shape index (κ1) is 12.2.